The van der Waals surface area contributed by atoms with Crippen molar-refractivity contribution < 1.29 is 4.79 Å². The van der Waals surface area contributed by atoms with Crippen molar-refractivity contribution in [2.75, 3.05) is 5.75 Å². The van der Waals surface area contributed by atoms with Crippen molar-refractivity contribution in [3.8, 4) is 0 Å². The second-order valence-corrected chi connectivity index (χ2v) is 3.51. The Labute approximate surface area is 73.2 Å². The number of nitrogens with one attached hydrogen (secondary N) is 1. The summed E-state index contributed by atoms with van der Waals surface area (Å²) in [7, 11) is 0. The van der Waals surface area contributed by atoms with Crippen molar-refractivity contribution in [3.05, 3.63) is 0 Å². The monoisotopic (exact) mass is 173 g/mol. The maximum Gasteiger partial charge on any atom is 0.230 e. The number of carbonyl (C=O) groups is 1. The Bertz CT molecular complexity index is 149. The van der Waals surface area contributed by atoms with Gasteiger partial charge in [0.15, 0.2) is 0 Å². The molecule has 0 heterocycles. The van der Waals surface area contributed by atoms with Crippen molar-refractivity contribution in [2.45, 2.75) is 38.1 Å². The van der Waals surface area contributed by atoms with Crippen molar-refractivity contribution >= 4 is 18.5 Å². The van der Waals surface area contributed by atoms with Gasteiger partial charge in [0.05, 0.1) is 5.75 Å². The van der Waals surface area contributed by atoms with Crippen LogP contribution in [0.1, 0.15) is 32.6 Å². The van der Waals surface area contributed by atoms with Gasteiger partial charge in [-0.15, -0.1) is 0 Å². The van der Waals surface area contributed by atoms with Crippen molar-refractivity contribution in [3.63, 3.8) is 0 Å². The van der Waals surface area contributed by atoms with Gasteiger partial charge in [-0.05, 0) is 25.7 Å². The van der Waals surface area contributed by atoms with Crippen LogP contribution in [0.25, 0.3) is 0 Å². The predicted octanol–water partition coefficient (Wildman–Crippen LogP) is 1.37. The lowest BCUT2D eigenvalue weighted by molar-refractivity contribution is -0.121. The molecule has 1 N–H and O–H groups in total. The number of hydrogen-bond donors (Lipinski definition) is 2. The molecule has 0 aromatic carbocycles. The fourth-order valence-corrected chi connectivity index (χ4v) is 1.58. The zero-order valence-electron chi connectivity index (χ0n) is 6.89. The molecule has 0 radical (unpaired) electrons. The molecule has 2 nitrogen and oxygen atoms in total. The van der Waals surface area contributed by atoms with E-state index in [-0.39, 0.29) is 11.4 Å². The van der Waals surface area contributed by atoms with Crippen molar-refractivity contribution in [2.24, 2.45) is 0 Å². The number of hydrogen-bond acceptors (Lipinski definition) is 2. The first kappa shape index (κ1) is 8.91. The van der Waals surface area contributed by atoms with Crippen LogP contribution in [-0.4, -0.2) is 17.2 Å². The molecule has 0 unspecified atom stereocenters. The predicted molar refractivity (Wildman–Crippen MR) is 48.9 cm³/mol. The first-order chi connectivity index (χ1) is 5.22. The van der Waals surface area contributed by atoms with E-state index in [0.717, 1.165) is 19.3 Å². The first-order valence-electron chi connectivity index (χ1n) is 4.14. The Morgan fingerprint density at radius 2 is 2.27 bits per heavy atom. The number of amides is 1. The summed E-state index contributed by atoms with van der Waals surface area (Å²) in [6.45, 7) is 2.12. The van der Waals surface area contributed by atoms with Crippen LogP contribution in [0.15, 0.2) is 0 Å². The number of carbonyl (C=O) groups excluding carboxylic acids is 1. The van der Waals surface area contributed by atoms with Crippen LogP contribution < -0.4 is 5.32 Å². The third kappa shape index (κ3) is 1.89. The van der Waals surface area contributed by atoms with E-state index in [0.29, 0.717) is 5.75 Å². The van der Waals surface area contributed by atoms with Gasteiger partial charge >= 0.3 is 0 Å². The van der Waals surface area contributed by atoms with Gasteiger partial charge in [-0.25, -0.2) is 0 Å². The van der Waals surface area contributed by atoms with Gasteiger partial charge in [-0.3, -0.25) is 4.79 Å². The average molecular weight is 173 g/mol. The van der Waals surface area contributed by atoms with Crippen LogP contribution in [-0.2, 0) is 4.79 Å². The highest BCUT2D eigenvalue weighted by atomic mass is 32.1. The highest BCUT2D eigenvalue weighted by Crippen LogP contribution is 2.34. The largest absolute Gasteiger partial charge is 0.350 e. The van der Waals surface area contributed by atoms with Gasteiger partial charge in [0.25, 0.3) is 0 Å². The minimum Gasteiger partial charge on any atom is -0.350 e. The molecule has 1 aliphatic rings. The van der Waals surface area contributed by atoms with Crippen LogP contribution >= 0.6 is 12.6 Å². The molecule has 0 saturated heterocycles. The lowest BCUT2D eigenvalue weighted by Gasteiger charge is -2.41. The number of rotatable bonds is 3. The average Bonchev–Trinajstić information content (AvgIpc) is 1.96. The fourth-order valence-electron chi connectivity index (χ4n) is 1.51. The normalized spacial score (nSPS) is 20.5. The zero-order chi connectivity index (χ0) is 8.32. The van der Waals surface area contributed by atoms with E-state index in [2.05, 4.69) is 24.9 Å². The van der Waals surface area contributed by atoms with Crippen LogP contribution in [0.3, 0.4) is 0 Å². The van der Waals surface area contributed by atoms with E-state index >= 15 is 0 Å². The minimum absolute atomic E-state index is 0.0647. The molecule has 0 aliphatic heterocycles. The molecule has 11 heavy (non-hydrogen) atoms. The third-order valence-corrected chi connectivity index (χ3v) is 2.82. The SMILES string of the molecule is CCC1(NC(=O)CS)CCC1. The quantitative estimate of drug-likeness (QED) is 0.620. The topological polar surface area (TPSA) is 29.1 Å². The molecular formula is C8H15NOS. The van der Waals surface area contributed by atoms with Gasteiger partial charge in [0.2, 0.25) is 5.91 Å². The molecule has 0 bridgehead atoms. The maximum atomic E-state index is 11.0. The Kier molecular flexibility index (Phi) is 2.82. The lowest BCUT2D eigenvalue weighted by atomic mass is 9.75. The lowest BCUT2D eigenvalue weighted by Crippen LogP contribution is -2.53. The summed E-state index contributed by atoms with van der Waals surface area (Å²) in [6, 6.07) is 0. The highest BCUT2D eigenvalue weighted by Gasteiger charge is 2.35. The minimum atomic E-state index is 0.0647. The van der Waals surface area contributed by atoms with E-state index in [4.69, 9.17) is 0 Å². The molecule has 1 saturated carbocycles. The number of thiol groups is 1. The van der Waals surface area contributed by atoms with Gasteiger partial charge in [-0.1, -0.05) is 6.92 Å². The molecule has 0 aromatic rings. The molecule has 0 spiro atoms. The zero-order valence-corrected chi connectivity index (χ0v) is 7.79. The van der Waals surface area contributed by atoms with Crippen LogP contribution in [0.4, 0.5) is 0 Å². The van der Waals surface area contributed by atoms with Crippen LogP contribution in [0.2, 0.25) is 0 Å². The smallest absolute Gasteiger partial charge is 0.230 e. The Balaban J connectivity index is 2.38. The molecular weight excluding hydrogens is 158 g/mol. The molecule has 64 valence electrons. The summed E-state index contributed by atoms with van der Waals surface area (Å²) in [5.74, 6) is 0.372. The first-order valence-corrected chi connectivity index (χ1v) is 4.77. The summed E-state index contributed by atoms with van der Waals surface area (Å²) < 4.78 is 0. The fraction of sp³-hybridized carbons (Fsp3) is 0.875. The molecule has 0 atom stereocenters. The van der Waals surface area contributed by atoms with Crippen molar-refractivity contribution in [1.29, 1.82) is 0 Å². The summed E-state index contributed by atoms with van der Waals surface area (Å²) >= 11 is 3.92. The summed E-state index contributed by atoms with van der Waals surface area (Å²) in [6.07, 6.45) is 4.58. The van der Waals surface area contributed by atoms with E-state index < -0.39 is 0 Å². The Morgan fingerprint density at radius 3 is 2.55 bits per heavy atom. The molecule has 1 amide bonds. The van der Waals surface area contributed by atoms with Gasteiger partial charge in [0.1, 0.15) is 0 Å². The van der Waals surface area contributed by atoms with E-state index in [1.807, 2.05) is 0 Å². The molecule has 1 rings (SSSR count). The van der Waals surface area contributed by atoms with Crippen molar-refractivity contribution in [1.82, 2.24) is 5.32 Å². The van der Waals surface area contributed by atoms with E-state index in [1.165, 1.54) is 6.42 Å². The summed E-state index contributed by atoms with van der Waals surface area (Å²) in [5, 5.41) is 3.01. The second-order valence-electron chi connectivity index (χ2n) is 3.19. The van der Waals surface area contributed by atoms with Gasteiger partial charge in [0, 0.05) is 5.54 Å². The van der Waals surface area contributed by atoms with Gasteiger partial charge < -0.3 is 5.32 Å². The molecule has 0 aromatic heterocycles. The second kappa shape index (κ2) is 3.48. The summed E-state index contributed by atoms with van der Waals surface area (Å²) in [5.41, 5.74) is 0.139. The highest BCUT2D eigenvalue weighted by molar-refractivity contribution is 7.81. The van der Waals surface area contributed by atoms with E-state index in [1.54, 1.807) is 0 Å². The maximum absolute atomic E-state index is 11.0. The Morgan fingerprint density at radius 1 is 1.64 bits per heavy atom. The van der Waals surface area contributed by atoms with Gasteiger partial charge in [-0.2, -0.15) is 12.6 Å². The van der Waals surface area contributed by atoms with Crippen LogP contribution in [0.5, 0.6) is 0 Å². The van der Waals surface area contributed by atoms with E-state index in [9.17, 15) is 4.79 Å². The third-order valence-electron chi connectivity index (χ3n) is 2.54. The molecule has 3 heteroatoms. The Hall–Kier alpha value is -0.180. The molecule has 1 fully saturated rings. The molecule has 1 aliphatic carbocycles. The van der Waals surface area contributed by atoms with Crippen LogP contribution in [0, 0.1) is 0 Å². The summed E-state index contributed by atoms with van der Waals surface area (Å²) in [4.78, 5) is 11.0. The standard InChI is InChI=1S/C8H15NOS/c1-2-8(4-3-5-8)9-7(10)6-11/h11H,2-6H2,1H3,(H,9,10).